The minimum absolute atomic E-state index is 0.00117. The lowest BCUT2D eigenvalue weighted by Crippen LogP contribution is -2.53. The average molecular weight is 619 g/mol. The number of nitrogens with zero attached hydrogens (tertiary/aromatic N) is 2. The van der Waals surface area contributed by atoms with Crippen molar-refractivity contribution in [2.45, 2.75) is 71.0 Å². The molecule has 3 aromatic rings. The second-order valence-electron chi connectivity index (χ2n) is 10.1. The highest BCUT2D eigenvalue weighted by atomic mass is 35.5. The predicted molar refractivity (Wildman–Crippen MR) is 166 cm³/mol. The van der Waals surface area contributed by atoms with Crippen molar-refractivity contribution in [3.05, 3.63) is 93.5 Å². The summed E-state index contributed by atoms with van der Waals surface area (Å²) in [5, 5.41) is 3.91. The number of anilines is 1. The Morgan fingerprint density at radius 3 is 1.98 bits per heavy atom. The van der Waals surface area contributed by atoms with Crippen LogP contribution in [0.5, 0.6) is 0 Å². The lowest BCUT2D eigenvalue weighted by Gasteiger charge is -2.34. The molecule has 3 rings (SSSR count). The smallest absolute Gasteiger partial charge is 0.264 e. The SMILES string of the molecule is CC[C@@H](C)NC(=O)[C@@H](CC)N(Cc1ccc(Cl)cc1)C(=O)CN(c1ccc(C)c(C)c1)S(=O)(=O)c1ccc(Cl)cc1. The van der Waals surface area contributed by atoms with Gasteiger partial charge in [-0.15, -0.1) is 0 Å². The topological polar surface area (TPSA) is 86.8 Å². The van der Waals surface area contributed by atoms with Crippen LogP contribution in [0.1, 0.15) is 50.3 Å². The lowest BCUT2D eigenvalue weighted by atomic mass is 10.1. The largest absolute Gasteiger partial charge is 0.352 e. The van der Waals surface area contributed by atoms with E-state index in [0.717, 1.165) is 27.4 Å². The van der Waals surface area contributed by atoms with E-state index in [1.807, 2.05) is 40.7 Å². The van der Waals surface area contributed by atoms with Crippen molar-refractivity contribution in [2.24, 2.45) is 0 Å². The maximum absolute atomic E-state index is 14.1. The van der Waals surface area contributed by atoms with Gasteiger partial charge in [0.25, 0.3) is 10.0 Å². The molecule has 1 N–H and O–H groups in total. The first-order chi connectivity index (χ1) is 19.4. The summed E-state index contributed by atoms with van der Waals surface area (Å²) in [6, 6.07) is 17.2. The molecular weight excluding hydrogens is 581 g/mol. The van der Waals surface area contributed by atoms with Gasteiger partial charge in [0.05, 0.1) is 10.6 Å². The van der Waals surface area contributed by atoms with Gasteiger partial charge in [-0.3, -0.25) is 13.9 Å². The third-order valence-electron chi connectivity index (χ3n) is 7.11. The van der Waals surface area contributed by atoms with Crippen molar-refractivity contribution >= 4 is 50.7 Å². The van der Waals surface area contributed by atoms with Crippen molar-refractivity contribution in [1.82, 2.24) is 10.2 Å². The van der Waals surface area contributed by atoms with Crippen molar-refractivity contribution < 1.29 is 18.0 Å². The molecule has 0 bridgehead atoms. The Balaban J connectivity index is 2.08. The Labute approximate surface area is 253 Å². The molecule has 0 aliphatic heterocycles. The molecule has 0 radical (unpaired) electrons. The van der Waals surface area contributed by atoms with Crippen LogP contribution in [0.25, 0.3) is 0 Å². The molecule has 220 valence electrons. The molecular formula is C31H37Cl2N3O4S. The van der Waals surface area contributed by atoms with Gasteiger partial charge in [-0.05, 0) is 98.8 Å². The summed E-state index contributed by atoms with van der Waals surface area (Å²) >= 11 is 12.1. The van der Waals surface area contributed by atoms with E-state index in [1.165, 1.54) is 29.2 Å². The molecule has 0 saturated carbocycles. The number of carbonyl (C=O) groups is 2. The van der Waals surface area contributed by atoms with Crippen LogP contribution in [-0.2, 0) is 26.2 Å². The second-order valence-corrected chi connectivity index (χ2v) is 12.9. The third-order valence-corrected chi connectivity index (χ3v) is 9.40. The first kappa shape index (κ1) is 32.4. The summed E-state index contributed by atoms with van der Waals surface area (Å²) in [5.74, 6) is -0.802. The van der Waals surface area contributed by atoms with E-state index in [2.05, 4.69) is 5.32 Å². The summed E-state index contributed by atoms with van der Waals surface area (Å²) in [4.78, 5) is 28.9. The molecule has 0 fully saturated rings. The molecule has 0 unspecified atom stereocenters. The number of nitrogens with one attached hydrogen (secondary N) is 1. The number of amides is 2. The molecule has 2 atom stereocenters. The number of aryl methyl sites for hydroxylation is 2. The number of benzene rings is 3. The van der Waals surface area contributed by atoms with Gasteiger partial charge in [0, 0.05) is 22.6 Å². The summed E-state index contributed by atoms with van der Waals surface area (Å²) < 4.78 is 29.0. The molecule has 0 spiro atoms. The van der Waals surface area contributed by atoms with Gasteiger partial charge in [-0.25, -0.2) is 8.42 Å². The fourth-order valence-electron chi connectivity index (χ4n) is 4.29. The fourth-order valence-corrected chi connectivity index (χ4v) is 5.95. The standard InChI is InChI=1S/C31H37Cl2N3O4S/c1-6-23(5)34-31(38)29(7-2)35(19-24-9-11-25(32)12-10-24)30(37)20-36(27-15-8-21(3)22(4)18-27)41(39,40)28-16-13-26(33)14-17-28/h8-18,23,29H,6-7,19-20H2,1-5H3,(H,34,38)/t23-,29-/m1/s1. The maximum atomic E-state index is 14.1. The van der Waals surface area contributed by atoms with E-state index in [4.69, 9.17) is 23.2 Å². The highest BCUT2D eigenvalue weighted by molar-refractivity contribution is 7.92. The summed E-state index contributed by atoms with van der Waals surface area (Å²) in [6.45, 7) is 9.10. The minimum Gasteiger partial charge on any atom is -0.352 e. The Bertz CT molecular complexity index is 1460. The zero-order chi connectivity index (χ0) is 30.3. The van der Waals surface area contributed by atoms with Crippen LogP contribution in [0.2, 0.25) is 10.0 Å². The normalized spacial score (nSPS) is 12.9. The van der Waals surface area contributed by atoms with Crippen molar-refractivity contribution in [1.29, 1.82) is 0 Å². The van der Waals surface area contributed by atoms with E-state index in [0.29, 0.717) is 22.2 Å². The van der Waals surface area contributed by atoms with Gasteiger partial charge in [-0.2, -0.15) is 0 Å². The van der Waals surface area contributed by atoms with Gasteiger partial charge in [0.1, 0.15) is 12.6 Å². The molecule has 0 aromatic heterocycles. The first-order valence-electron chi connectivity index (χ1n) is 13.6. The van der Waals surface area contributed by atoms with E-state index >= 15 is 0 Å². The van der Waals surface area contributed by atoms with Crippen LogP contribution in [-0.4, -0.2) is 43.8 Å². The number of hydrogen-bond acceptors (Lipinski definition) is 4. The number of sulfonamides is 1. The second kappa shape index (κ2) is 14.2. The number of hydrogen-bond donors (Lipinski definition) is 1. The van der Waals surface area contributed by atoms with Crippen LogP contribution in [0, 0.1) is 13.8 Å². The molecule has 7 nitrogen and oxygen atoms in total. The van der Waals surface area contributed by atoms with Gasteiger partial charge in [-0.1, -0.05) is 55.2 Å². The molecule has 0 saturated heterocycles. The zero-order valence-electron chi connectivity index (χ0n) is 24.0. The maximum Gasteiger partial charge on any atom is 0.264 e. The van der Waals surface area contributed by atoms with Crippen molar-refractivity contribution in [3.8, 4) is 0 Å². The van der Waals surface area contributed by atoms with E-state index in [1.54, 1.807) is 36.4 Å². The summed E-state index contributed by atoms with van der Waals surface area (Å²) in [6.07, 6.45) is 1.07. The Morgan fingerprint density at radius 1 is 0.854 bits per heavy atom. The van der Waals surface area contributed by atoms with Gasteiger partial charge in [0.2, 0.25) is 11.8 Å². The quantitative estimate of drug-likeness (QED) is 0.250. The highest BCUT2D eigenvalue weighted by Crippen LogP contribution is 2.27. The van der Waals surface area contributed by atoms with Crippen LogP contribution in [0.4, 0.5) is 5.69 Å². The average Bonchev–Trinajstić information content (AvgIpc) is 2.94. The Kier molecular flexibility index (Phi) is 11.2. The van der Waals surface area contributed by atoms with Crippen LogP contribution in [0.3, 0.4) is 0 Å². The Morgan fingerprint density at radius 2 is 1.44 bits per heavy atom. The molecule has 0 aliphatic rings. The lowest BCUT2D eigenvalue weighted by molar-refractivity contribution is -0.140. The van der Waals surface area contributed by atoms with Crippen LogP contribution < -0.4 is 9.62 Å². The monoisotopic (exact) mass is 617 g/mol. The van der Waals surface area contributed by atoms with Gasteiger partial charge < -0.3 is 10.2 Å². The molecule has 0 heterocycles. The zero-order valence-corrected chi connectivity index (χ0v) is 26.4. The van der Waals surface area contributed by atoms with Crippen molar-refractivity contribution in [2.75, 3.05) is 10.8 Å². The highest BCUT2D eigenvalue weighted by Gasteiger charge is 2.34. The van der Waals surface area contributed by atoms with Crippen molar-refractivity contribution in [3.63, 3.8) is 0 Å². The molecule has 41 heavy (non-hydrogen) atoms. The molecule has 0 aliphatic carbocycles. The number of halogens is 2. The van der Waals surface area contributed by atoms with Crippen LogP contribution >= 0.6 is 23.2 Å². The van der Waals surface area contributed by atoms with Crippen LogP contribution in [0.15, 0.2) is 71.6 Å². The van der Waals surface area contributed by atoms with E-state index < -0.39 is 28.5 Å². The number of carbonyl (C=O) groups excluding carboxylic acids is 2. The molecule has 2 amide bonds. The summed E-state index contributed by atoms with van der Waals surface area (Å²) in [7, 11) is -4.17. The molecule has 3 aromatic carbocycles. The third kappa shape index (κ3) is 8.24. The predicted octanol–water partition coefficient (Wildman–Crippen LogP) is 6.53. The minimum atomic E-state index is -4.17. The first-order valence-corrected chi connectivity index (χ1v) is 15.8. The Hall–Kier alpha value is -3.07. The van der Waals surface area contributed by atoms with Gasteiger partial charge >= 0.3 is 0 Å². The summed E-state index contributed by atoms with van der Waals surface area (Å²) in [5.41, 5.74) is 2.97. The molecule has 10 heteroatoms. The number of rotatable bonds is 12. The van der Waals surface area contributed by atoms with Gasteiger partial charge in [0.15, 0.2) is 0 Å². The fraction of sp³-hybridized carbons (Fsp3) is 0.355. The van der Waals surface area contributed by atoms with E-state index in [9.17, 15) is 18.0 Å². The van der Waals surface area contributed by atoms with E-state index in [-0.39, 0.29) is 23.4 Å².